The summed E-state index contributed by atoms with van der Waals surface area (Å²) in [5, 5.41) is 26.2. The third-order valence-electron chi connectivity index (χ3n) is 12.6. The van der Waals surface area contributed by atoms with Crippen molar-refractivity contribution in [2.24, 2.45) is 46.3 Å². The molecule has 214 valence electrons. The first-order valence-electron chi connectivity index (χ1n) is 15.9. The van der Waals surface area contributed by atoms with Crippen molar-refractivity contribution in [1.82, 2.24) is 10.3 Å². The van der Waals surface area contributed by atoms with Crippen LogP contribution >= 0.6 is 0 Å². The molecule has 1 aromatic heterocycles. The molecule has 1 heterocycles. The minimum atomic E-state index is -0.222. The number of aromatic amines is 1. The minimum Gasteiger partial charge on any atom is -0.393 e. The fourth-order valence-corrected chi connectivity index (χ4v) is 10.5. The van der Waals surface area contributed by atoms with Gasteiger partial charge >= 0.3 is 0 Å². The van der Waals surface area contributed by atoms with E-state index in [1.54, 1.807) is 0 Å². The highest BCUT2D eigenvalue weighted by Crippen LogP contribution is 2.68. The number of benzene rings is 1. The average molecular weight is 535 g/mol. The molecule has 4 saturated carbocycles. The predicted octanol–water partition coefficient (Wildman–Crippen LogP) is 6.23. The summed E-state index contributed by atoms with van der Waals surface area (Å²) in [6.45, 7) is 8.06. The van der Waals surface area contributed by atoms with Crippen LogP contribution in [-0.2, 0) is 11.2 Å². The second-order valence-corrected chi connectivity index (χ2v) is 14.4. The van der Waals surface area contributed by atoms with E-state index in [1.807, 2.05) is 6.07 Å². The van der Waals surface area contributed by atoms with E-state index in [0.29, 0.717) is 48.5 Å². The van der Waals surface area contributed by atoms with E-state index >= 15 is 0 Å². The number of hydrogen-bond donors (Lipinski definition) is 4. The van der Waals surface area contributed by atoms with Gasteiger partial charge in [-0.25, -0.2) is 0 Å². The summed E-state index contributed by atoms with van der Waals surface area (Å²) >= 11 is 0. The van der Waals surface area contributed by atoms with Crippen molar-refractivity contribution in [3.05, 3.63) is 36.0 Å². The molecule has 0 aliphatic heterocycles. The minimum absolute atomic E-state index is 0.172. The van der Waals surface area contributed by atoms with Crippen LogP contribution in [0.25, 0.3) is 10.9 Å². The van der Waals surface area contributed by atoms with Gasteiger partial charge in [0.1, 0.15) is 0 Å². The molecule has 2 aromatic rings. The third kappa shape index (κ3) is 4.76. The molecule has 0 spiro atoms. The van der Waals surface area contributed by atoms with Gasteiger partial charge in [0.05, 0.1) is 12.2 Å². The molecule has 0 bridgehead atoms. The topological polar surface area (TPSA) is 85.4 Å². The largest absolute Gasteiger partial charge is 0.393 e. The standard InChI is InChI=1S/C34H50N2O3/c1-21(8-11-31(39)35-17-14-22-20-36-29-7-5-4-6-25(22)29)26-9-10-27-32-28(13-16-34(26,27)3)33(2)15-12-24(37)18-23(33)19-30(32)38/h4-7,20-21,23-24,26-28,30,32,36-38H,8-19H2,1-3H3,(H,35,39)/t21-,23+,24-,26-,27+,28+,30+,32+,33+,34-/m1/s1. The van der Waals surface area contributed by atoms with Gasteiger partial charge in [-0.15, -0.1) is 0 Å². The van der Waals surface area contributed by atoms with Crippen molar-refractivity contribution in [1.29, 1.82) is 0 Å². The van der Waals surface area contributed by atoms with Crippen LogP contribution in [0.2, 0.25) is 0 Å². The Bertz CT molecular complexity index is 1180. The normalized spacial score (nSPS) is 40.5. The van der Waals surface area contributed by atoms with E-state index in [9.17, 15) is 15.0 Å². The molecule has 10 atom stereocenters. The Balaban J connectivity index is 1.04. The van der Waals surface area contributed by atoms with E-state index in [-0.39, 0.29) is 28.9 Å². The lowest BCUT2D eigenvalue weighted by Gasteiger charge is -2.62. The van der Waals surface area contributed by atoms with E-state index in [0.717, 1.165) is 44.0 Å². The Morgan fingerprint density at radius 1 is 1.05 bits per heavy atom. The lowest BCUT2D eigenvalue weighted by molar-refractivity contribution is -0.174. The molecule has 1 amide bonds. The first-order chi connectivity index (χ1) is 18.7. The molecule has 0 radical (unpaired) electrons. The summed E-state index contributed by atoms with van der Waals surface area (Å²) in [6.07, 6.45) is 12.8. The van der Waals surface area contributed by atoms with Crippen molar-refractivity contribution >= 4 is 16.8 Å². The Kier molecular flexibility index (Phi) is 7.37. The number of rotatable bonds is 7. The Labute approximate surface area is 234 Å². The van der Waals surface area contributed by atoms with Crippen LogP contribution < -0.4 is 5.32 Å². The Morgan fingerprint density at radius 2 is 1.82 bits per heavy atom. The summed E-state index contributed by atoms with van der Waals surface area (Å²) in [4.78, 5) is 16.1. The number of para-hydroxylation sites is 1. The monoisotopic (exact) mass is 534 g/mol. The maximum absolute atomic E-state index is 12.8. The summed E-state index contributed by atoms with van der Waals surface area (Å²) < 4.78 is 0. The molecular formula is C34H50N2O3. The second-order valence-electron chi connectivity index (χ2n) is 14.4. The number of amides is 1. The molecule has 1 aromatic carbocycles. The number of hydrogen-bond acceptors (Lipinski definition) is 3. The molecule has 4 fully saturated rings. The number of aromatic nitrogens is 1. The number of H-pyrrole nitrogens is 1. The highest BCUT2D eigenvalue weighted by atomic mass is 16.3. The van der Waals surface area contributed by atoms with Crippen LogP contribution in [0, 0.1) is 46.3 Å². The summed E-state index contributed by atoms with van der Waals surface area (Å²) in [5.41, 5.74) is 2.95. The van der Waals surface area contributed by atoms with Gasteiger partial charge in [0, 0.05) is 30.1 Å². The average Bonchev–Trinajstić information content (AvgIpc) is 3.49. The SMILES string of the molecule is C[C@H](CCC(=O)NCCc1c[nH]c2ccccc12)[C@H]1CC[C@H]2[C@@H]3[C@@H](O)C[C@@H]4C[C@H](O)CC[C@]4(C)[C@H]3CC[C@]12C. The zero-order valence-corrected chi connectivity index (χ0v) is 24.3. The zero-order valence-electron chi connectivity index (χ0n) is 24.3. The van der Waals surface area contributed by atoms with E-state index in [1.165, 1.54) is 36.6 Å². The van der Waals surface area contributed by atoms with Crippen molar-refractivity contribution in [2.45, 2.75) is 104 Å². The van der Waals surface area contributed by atoms with Gasteiger partial charge in [-0.05, 0) is 122 Å². The predicted molar refractivity (Wildman–Crippen MR) is 156 cm³/mol. The van der Waals surface area contributed by atoms with Crippen molar-refractivity contribution < 1.29 is 15.0 Å². The van der Waals surface area contributed by atoms with Gasteiger partial charge in [-0.1, -0.05) is 39.0 Å². The van der Waals surface area contributed by atoms with E-state index in [4.69, 9.17) is 0 Å². The molecule has 0 saturated heterocycles. The van der Waals surface area contributed by atoms with Gasteiger partial charge in [0.2, 0.25) is 5.91 Å². The van der Waals surface area contributed by atoms with E-state index in [2.05, 4.69) is 55.5 Å². The lowest BCUT2D eigenvalue weighted by Crippen LogP contribution is -2.58. The van der Waals surface area contributed by atoms with Crippen LogP contribution in [0.3, 0.4) is 0 Å². The fourth-order valence-electron chi connectivity index (χ4n) is 10.5. The van der Waals surface area contributed by atoms with Crippen LogP contribution in [0.5, 0.6) is 0 Å². The first kappa shape index (κ1) is 27.3. The number of carbonyl (C=O) groups is 1. The smallest absolute Gasteiger partial charge is 0.220 e. The maximum Gasteiger partial charge on any atom is 0.220 e. The zero-order chi connectivity index (χ0) is 27.4. The first-order valence-corrected chi connectivity index (χ1v) is 15.9. The van der Waals surface area contributed by atoms with Crippen LogP contribution in [0.4, 0.5) is 0 Å². The number of carbonyl (C=O) groups excluding carboxylic acids is 1. The van der Waals surface area contributed by atoms with Crippen molar-refractivity contribution in [3.63, 3.8) is 0 Å². The fraction of sp³-hybridized carbons (Fsp3) is 0.735. The van der Waals surface area contributed by atoms with Gasteiger partial charge in [-0.2, -0.15) is 0 Å². The van der Waals surface area contributed by atoms with Crippen LogP contribution in [-0.4, -0.2) is 39.9 Å². The highest BCUT2D eigenvalue weighted by Gasteiger charge is 2.62. The van der Waals surface area contributed by atoms with Crippen LogP contribution in [0.15, 0.2) is 30.5 Å². The highest BCUT2D eigenvalue weighted by molar-refractivity contribution is 5.83. The maximum atomic E-state index is 12.8. The van der Waals surface area contributed by atoms with Gasteiger partial charge in [-0.3, -0.25) is 4.79 Å². The molecule has 0 unspecified atom stereocenters. The number of fused-ring (bicyclic) bond motifs is 6. The number of nitrogens with one attached hydrogen (secondary N) is 2. The number of aliphatic hydroxyl groups is 2. The van der Waals surface area contributed by atoms with Gasteiger partial charge in [0.15, 0.2) is 0 Å². The molecule has 5 nitrogen and oxygen atoms in total. The summed E-state index contributed by atoms with van der Waals surface area (Å²) in [5.74, 6) is 3.38. The van der Waals surface area contributed by atoms with Crippen molar-refractivity contribution in [2.75, 3.05) is 6.54 Å². The molecular weight excluding hydrogens is 484 g/mol. The Hall–Kier alpha value is -1.85. The molecule has 4 N–H and O–H groups in total. The Morgan fingerprint density at radius 3 is 2.67 bits per heavy atom. The third-order valence-corrected chi connectivity index (χ3v) is 12.6. The van der Waals surface area contributed by atoms with Crippen LogP contribution in [0.1, 0.15) is 90.5 Å². The molecule has 5 heteroatoms. The second kappa shape index (κ2) is 10.5. The lowest BCUT2D eigenvalue weighted by atomic mass is 9.43. The summed E-state index contributed by atoms with van der Waals surface area (Å²) in [6, 6.07) is 8.33. The van der Waals surface area contributed by atoms with E-state index < -0.39 is 0 Å². The molecule has 4 aliphatic rings. The van der Waals surface area contributed by atoms with Gasteiger partial charge < -0.3 is 20.5 Å². The summed E-state index contributed by atoms with van der Waals surface area (Å²) in [7, 11) is 0. The molecule has 6 rings (SSSR count). The molecule has 39 heavy (non-hydrogen) atoms. The number of aliphatic hydroxyl groups excluding tert-OH is 2. The molecule has 4 aliphatic carbocycles. The quantitative estimate of drug-likeness (QED) is 0.340. The van der Waals surface area contributed by atoms with Crippen molar-refractivity contribution in [3.8, 4) is 0 Å². The van der Waals surface area contributed by atoms with Gasteiger partial charge in [0.25, 0.3) is 0 Å².